The molecule has 0 radical (unpaired) electrons. The van der Waals surface area contributed by atoms with Crippen LogP contribution in [-0.4, -0.2) is 39.0 Å². The summed E-state index contributed by atoms with van der Waals surface area (Å²) in [6.07, 6.45) is 7.03. The predicted octanol–water partition coefficient (Wildman–Crippen LogP) is 3.71. The summed E-state index contributed by atoms with van der Waals surface area (Å²) in [6.45, 7) is 4.34. The molecular formula is C16H23N3OS3. The van der Waals surface area contributed by atoms with Crippen molar-refractivity contribution in [3.63, 3.8) is 0 Å². The van der Waals surface area contributed by atoms with Crippen molar-refractivity contribution in [3.05, 3.63) is 10.6 Å². The summed E-state index contributed by atoms with van der Waals surface area (Å²) < 4.78 is 0.854. The number of piperidine rings is 1. The molecule has 0 aromatic carbocycles. The lowest BCUT2D eigenvalue weighted by Crippen LogP contribution is -2.33. The third kappa shape index (κ3) is 4.67. The molecule has 7 heteroatoms. The zero-order valence-electron chi connectivity index (χ0n) is 13.5. The molecule has 4 nitrogen and oxygen atoms in total. The van der Waals surface area contributed by atoms with Gasteiger partial charge in [0.15, 0.2) is 5.13 Å². The van der Waals surface area contributed by atoms with Gasteiger partial charge in [-0.2, -0.15) is 0 Å². The van der Waals surface area contributed by atoms with Crippen molar-refractivity contribution in [1.29, 1.82) is 0 Å². The van der Waals surface area contributed by atoms with Crippen molar-refractivity contribution in [2.24, 2.45) is 5.92 Å². The number of rotatable bonds is 3. The molecule has 1 saturated heterocycles. The number of hydrogen-bond donors (Lipinski definition) is 1. The van der Waals surface area contributed by atoms with Crippen molar-refractivity contribution in [2.45, 2.75) is 45.4 Å². The highest BCUT2D eigenvalue weighted by Gasteiger charge is 2.21. The monoisotopic (exact) mass is 369 g/mol. The van der Waals surface area contributed by atoms with Crippen LogP contribution in [0, 0.1) is 5.92 Å². The molecule has 1 fully saturated rings. The largest absolute Gasteiger partial charge is 0.358 e. The number of carbonyl (C=O) groups is 1. The molecule has 1 aliphatic heterocycles. The van der Waals surface area contributed by atoms with Gasteiger partial charge in [0.25, 0.3) is 0 Å². The van der Waals surface area contributed by atoms with Gasteiger partial charge in [-0.25, -0.2) is 4.98 Å². The van der Waals surface area contributed by atoms with Gasteiger partial charge in [0.05, 0.1) is 11.4 Å². The highest BCUT2D eigenvalue weighted by molar-refractivity contribution is 8.23. The van der Waals surface area contributed by atoms with E-state index in [4.69, 9.17) is 12.2 Å². The van der Waals surface area contributed by atoms with Crippen LogP contribution in [-0.2, 0) is 17.6 Å². The summed E-state index contributed by atoms with van der Waals surface area (Å²) in [7, 11) is 0. The highest BCUT2D eigenvalue weighted by Crippen LogP contribution is 2.32. The van der Waals surface area contributed by atoms with Gasteiger partial charge < -0.3 is 10.2 Å². The number of likely N-dealkylation sites (tertiary alicyclic amines) is 1. The number of carbonyl (C=O) groups excluding carboxylic acids is 1. The van der Waals surface area contributed by atoms with Crippen LogP contribution in [0.25, 0.3) is 0 Å². The molecule has 126 valence electrons. The first kappa shape index (κ1) is 17.2. The number of nitrogens with zero attached hydrogens (tertiary/aromatic N) is 2. The van der Waals surface area contributed by atoms with E-state index >= 15 is 0 Å². The number of hydrogen-bond acceptors (Lipinski definition) is 5. The number of thiocarbonyl (C=S) groups is 1. The van der Waals surface area contributed by atoms with E-state index in [9.17, 15) is 4.79 Å². The molecule has 2 heterocycles. The zero-order valence-corrected chi connectivity index (χ0v) is 15.9. The van der Waals surface area contributed by atoms with E-state index in [-0.39, 0.29) is 5.91 Å². The van der Waals surface area contributed by atoms with Crippen LogP contribution < -0.4 is 5.32 Å². The Balaban J connectivity index is 1.47. The normalized spacial score (nSPS) is 20.9. The Bertz CT molecular complexity index is 581. The minimum absolute atomic E-state index is 0.00601. The number of thiazole rings is 1. The molecule has 0 unspecified atom stereocenters. The first-order chi connectivity index (χ1) is 11.1. The first-order valence-electron chi connectivity index (χ1n) is 8.32. The van der Waals surface area contributed by atoms with Gasteiger partial charge in [-0.15, -0.1) is 11.3 Å². The molecule has 1 atom stereocenters. The van der Waals surface area contributed by atoms with Crippen LogP contribution in [0.1, 0.15) is 43.2 Å². The lowest BCUT2D eigenvalue weighted by Gasteiger charge is -2.28. The summed E-state index contributed by atoms with van der Waals surface area (Å²) >= 11 is 8.54. The van der Waals surface area contributed by atoms with Gasteiger partial charge >= 0.3 is 0 Å². The number of aromatic nitrogens is 1. The summed E-state index contributed by atoms with van der Waals surface area (Å²) in [5.74, 6) is 1.09. The number of amides is 1. The van der Waals surface area contributed by atoms with Gasteiger partial charge in [-0.1, -0.05) is 30.9 Å². The second-order valence-electron chi connectivity index (χ2n) is 6.39. The second-order valence-corrected chi connectivity index (χ2v) is 9.08. The van der Waals surface area contributed by atoms with Gasteiger partial charge in [0.2, 0.25) is 5.91 Å². The van der Waals surface area contributed by atoms with Crippen molar-refractivity contribution >= 4 is 50.7 Å². The maximum atomic E-state index is 12.1. The van der Waals surface area contributed by atoms with Crippen LogP contribution in [0.4, 0.5) is 5.13 Å². The summed E-state index contributed by atoms with van der Waals surface area (Å²) in [4.78, 5) is 20.3. The summed E-state index contributed by atoms with van der Waals surface area (Å²) in [5.41, 5.74) is 1.18. The number of anilines is 1. The maximum Gasteiger partial charge on any atom is 0.236 e. The standard InChI is InChI=1S/C16H23N3OS3/c1-11-5-6-12-13(9-11)23-15(17-12)18-14(20)10-22-16(21)19-7-3-2-4-8-19/h11H,2-10H2,1H3,(H,17,18,20)/t11-/m0/s1. The van der Waals surface area contributed by atoms with Gasteiger partial charge in [-0.05, 0) is 44.4 Å². The fourth-order valence-electron chi connectivity index (χ4n) is 3.04. The van der Waals surface area contributed by atoms with E-state index in [1.807, 2.05) is 0 Å². The minimum Gasteiger partial charge on any atom is -0.358 e. The SMILES string of the molecule is C[C@H]1CCc2nc(NC(=O)CSC(=S)N3CCCCC3)sc2C1. The molecule has 23 heavy (non-hydrogen) atoms. The topological polar surface area (TPSA) is 45.2 Å². The van der Waals surface area contributed by atoms with Crippen LogP contribution in [0.2, 0.25) is 0 Å². The lowest BCUT2D eigenvalue weighted by molar-refractivity contribution is -0.113. The number of nitrogens with one attached hydrogen (secondary N) is 1. The Morgan fingerprint density at radius 3 is 3.00 bits per heavy atom. The van der Waals surface area contributed by atoms with E-state index in [1.165, 1.54) is 48.0 Å². The maximum absolute atomic E-state index is 12.1. The average molecular weight is 370 g/mol. The number of thioether (sulfide) groups is 1. The Labute approximate surface area is 151 Å². The van der Waals surface area contributed by atoms with Gasteiger partial charge in [0, 0.05) is 18.0 Å². The third-order valence-electron chi connectivity index (χ3n) is 4.37. The molecule has 2 aliphatic rings. The van der Waals surface area contributed by atoms with Crippen LogP contribution in [0.15, 0.2) is 0 Å². The molecule has 0 saturated carbocycles. The van der Waals surface area contributed by atoms with Crippen molar-refractivity contribution in [3.8, 4) is 0 Å². The fourth-order valence-corrected chi connectivity index (χ4v) is 5.28. The molecule has 1 aromatic rings. The van der Waals surface area contributed by atoms with E-state index < -0.39 is 0 Å². The van der Waals surface area contributed by atoms with Crippen LogP contribution >= 0.6 is 35.3 Å². The molecule has 3 rings (SSSR count). The van der Waals surface area contributed by atoms with Crippen molar-refractivity contribution in [1.82, 2.24) is 9.88 Å². The molecule has 1 aromatic heterocycles. The van der Waals surface area contributed by atoms with Crippen molar-refractivity contribution < 1.29 is 4.79 Å². The predicted molar refractivity (Wildman–Crippen MR) is 102 cm³/mol. The third-order valence-corrected chi connectivity index (χ3v) is 6.93. The molecular weight excluding hydrogens is 346 g/mol. The first-order valence-corrected chi connectivity index (χ1v) is 10.5. The smallest absolute Gasteiger partial charge is 0.236 e. The fraction of sp³-hybridized carbons (Fsp3) is 0.688. The molecule has 1 N–H and O–H groups in total. The number of aryl methyl sites for hydroxylation is 1. The summed E-state index contributed by atoms with van der Waals surface area (Å²) in [5, 5.41) is 3.69. The lowest BCUT2D eigenvalue weighted by atomic mass is 9.93. The van der Waals surface area contributed by atoms with Gasteiger partial charge in [0.1, 0.15) is 4.32 Å². The van der Waals surface area contributed by atoms with Crippen LogP contribution in [0.5, 0.6) is 0 Å². The van der Waals surface area contributed by atoms with E-state index in [2.05, 4.69) is 22.1 Å². The molecule has 0 bridgehead atoms. The molecule has 1 aliphatic carbocycles. The van der Waals surface area contributed by atoms with E-state index in [0.717, 1.165) is 41.3 Å². The Kier molecular flexibility index (Phi) is 5.93. The van der Waals surface area contributed by atoms with Gasteiger partial charge in [-0.3, -0.25) is 4.79 Å². The van der Waals surface area contributed by atoms with E-state index in [1.54, 1.807) is 11.3 Å². The molecule has 1 amide bonds. The Hall–Kier alpha value is -0.660. The van der Waals surface area contributed by atoms with Crippen molar-refractivity contribution in [2.75, 3.05) is 24.2 Å². The molecule has 0 spiro atoms. The Morgan fingerprint density at radius 1 is 1.43 bits per heavy atom. The van der Waals surface area contributed by atoms with Crippen LogP contribution in [0.3, 0.4) is 0 Å². The average Bonchev–Trinajstić information content (AvgIpc) is 2.94. The Morgan fingerprint density at radius 2 is 2.22 bits per heavy atom. The number of fused-ring (bicyclic) bond motifs is 1. The van der Waals surface area contributed by atoms with E-state index in [0.29, 0.717) is 5.75 Å². The second kappa shape index (κ2) is 7.94. The highest BCUT2D eigenvalue weighted by atomic mass is 32.2. The minimum atomic E-state index is -0.00601. The quantitative estimate of drug-likeness (QED) is 0.823. The summed E-state index contributed by atoms with van der Waals surface area (Å²) in [6, 6.07) is 0. The zero-order chi connectivity index (χ0) is 16.2.